The summed E-state index contributed by atoms with van der Waals surface area (Å²) in [6.07, 6.45) is 2.91. The summed E-state index contributed by atoms with van der Waals surface area (Å²) in [6.45, 7) is 3.33. The smallest absolute Gasteiger partial charge is 0.254 e. The second-order valence-electron chi connectivity index (χ2n) is 9.07. The zero-order chi connectivity index (χ0) is 22.8. The van der Waals surface area contributed by atoms with Gasteiger partial charge in [0, 0.05) is 30.6 Å². The van der Waals surface area contributed by atoms with Crippen molar-refractivity contribution in [3.05, 3.63) is 77.2 Å². The fourth-order valence-electron chi connectivity index (χ4n) is 4.99. The van der Waals surface area contributed by atoms with Crippen molar-refractivity contribution in [1.29, 1.82) is 0 Å². The average molecular weight is 442 g/mol. The standard InChI is InChI=1S/C27H31N5O/c1-28-26-23-14-17-32(18-24(23)29-25(30-26)20-12-15-31(2)16-13-20)27(33)22-11-7-6-10-21(22)19-8-4-3-5-9-19/h3-11,20H,12-18H2,1-2H3,(H,28,29,30). The van der Waals surface area contributed by atoms with E-state index in [2.05, 4.69) is 29.4 Å². The molecule has 1 amide bonds. The van der Waals surface area contributed by atoms with E-state index in [-0.39, 0.29) is 5.91 Å². The van der Waals surface area contributed by atoms with E-state index >= 15 is 0 Å². The van der Waals surface area contributed by atoms with Gasteiger partial charge in [0.05, 0.1) is 12.2 Å². The van der Waals surface area contributed by atoms with E-state index < -0.39 is 0 Å². The maximum atomic E-state index is 13.6. The molecule has 1 saturated heterocycles. The molecule has 5 rings (SSSR count). The van der Waals surface area contributed by atoms with Crippen LogP contribution >= 0.6 is 0 Å². The zero-order valence-electron chi connectivity index (χ0n) is 19.4. The zero-order valence-corrected chi connectivity index (χ0v) is 19.4. The maximum absolute atomic E-state index is 13.6. The molecule has 2 aliphatic rings. The molecule has 33 heavy (non-hydrogen) atoms. The number of anilines is 1. The Balaban J connectivity index is 1.43. The Labute approximate surface area is 195 Å². The number of hydrogen-bond donors (Lipinski definition) is 1. The number of carbonyl (C=O) groups is 1. The second-order valence-corrected chi connectivity index (χ2v) is 9.07. The highest BCUT2D eigenvalue weighted by molar-refractivity contribution is 6.01. The Kier molecular flexibility index (Phi) is 6.09. The van der Waals surface area contributed by atoms with Crippen LogP contribution in [0.15, 0.2) is 54.6 Å². The molecule has 6 heteroatoms. The van der Waals surface area contributed by atoms with Crippen LogP contribution in [0.5, 0.6) is 0 Å². The van der Waals surface area contributed by atoms with Crippen molar-refractivity contribution in [3.63, 3.8) is 0 Å². The first-order valence-electron chi connectivity index (χ1n) is 11.8. The van der Waals surface area contributed by atoms with Crippen LogP contribution in [0.4, 0.5) is 5.82 Å². The molecule has 0 spiro atoms. The van der Waals surface area contributed by atoms with Crippen molar-refractivity contribution in [1.82, 2.24) is 19.8 Å². The van der Waals surface area contributed by atoms with Gasteiger partial charge in [-0.2, -0.15) is 0 Å². The molecular weight excluding hydrogens is 410 g/mol. The van der Waals surface area contributed by atoms with Crippen LogP contribution in [0.2, 0.25) is 0 Å². The van der Waals surface area contributed by atoms with Crippen LogP contribution in [-0.2, 0) is 13.0 Å². The van der Waals surface area contributed by atoms with Crippen molar-refractivity contribution >= 4 is 11.7 Å². The maximum Gasteiger partial charge on any atom is 0.254 e. The Morgan fingerprint density at radius 1 is 0.970 bits per heavy atom. The van der Waals surface area contributed by atoms with E-state index in [1.807, 2.05) is 54.4 Å². The second kappa shape index (κ2) is 9.32. The molecule has 3 aromatic rings. The predicted octanol–water partition coefficient (Wildman–Crippen LogP) is 4.19. The van der Waals surface area contributed by atoms with E-state index in [0.717, 1.165) is 71.9 Å². The first-order chi connectivity index (χ1) is 16.1. The van der Waals surface area contributed by atoms with Crippen molar-refractivity contribution in [2.24, 2.45) is 0 Å². The third-order valence-electron chi connectivity index (χ3n) is 6.93. The molecule has 0 atom stereocenters. The van der Waals surface area contributed by atoms with Gasteiger partial charge in [-0.3, -0.25) is 4.79 Å². The van der Waals surface area contributed by atoms with Gasteiger partial charge in [-0.25, -0.2) is 9.97 Å². The molecule has 1 aromatic heterocycles. The first-order valence-corrected chi connectivity index (χ1v) is 11.8. The highest BCUT2D eigenvalue weighted by Gasteiger charge is 2.29. The summed E-state index contributed by atoms with van der Waals surface area (Å²) < 4.78 is 0. The summed E-state index contributed by atoms with van der Waals surface area (Å²) in [6, 6.07) is 18.0. The Hall–Kier alpha value is -3.25. The van der Waals surface area contributed by atoms with Crippen LogP contribution in [0, 0.1) is 0 Å². The monoisotopic (exact) mass is 441 g/mol. The third-order valence-corrected chi connectivity index (χ3v) is 6.93. The van der Waals surface area contributed by atoms with Gasteiger partial charge in [0.15, 0.2) is 0 Å². The van der Waals surface area contributed by atoms with Crippen LogP contribution in [0.1, 0.15) is 46.2 Å². The van der Waals surface area contributed by atoms with Gasteiger partial charge in [0.1, 0.15) is 11.6 Å². The lowest BCUT2D eigenvalue weighted by Crippen LogP contribution is -2.37. The molecule has 0 radical (unpaired) electrons. The number of amides is 1. The number of likely N-dealkylation sites (tertiary alicyclic amines) is 1. The van der Waals surface area contributed by atoms with E-state index in [4.69, 9.17) is 9.97 Å². The molecule has 1 N–H and O–H groups in total. The molecule has 2 aromatic carbocycles. The van der Waals surface area contributed by atoms with Gasteiger partial charge in [0.25, 0.3) is 5.91 Å². The normalized spacial score (nSPS) is 17.0. The number of piperidine rings is 1. The number of benzene rings is 2. The third kappa shape index (κ3) is 4.35. The average Bonchev–Trinajstić information content (AvgIpc) is 2.88. The van der Waals surface area contributed by atoms with Gasteiger partial charge in [-0.1, -0.05) is 48.5 Å². The molecule has 6 nitrogen and oxygen atoms in total. The summed E-state index contributed by atoms with van der Waals surface area (Å²) in [5.41, 5.74) is 4.91. The minimum atomic E-state index is 0.0607. The lowest BCUT2D eigenvalue weighted by Gasteiger charge is -2.32. The Morgan fingerprint density at radius 2 is 1.70 bits per heavy atom. The number of fused-ring (bicyclic) bond motifs is 1. The number of hydrogen-bond acceptors (Lipinski definition) is 5. The van der Waals surface area contributed by atoms with E-state index in [0.29, 0.717) is 19.0 Å². The van der Waals surface area contributed by atoms with Crippen molar-refractivity contribution in [3.8, 4) is 11.1 Å². The van der Waals surface area contributed by atoms with Crippen LogP contribution in [0.3, 0.4) is 0 Å². The topological polar surface area (TPSA) is 61.4 Å². The molecule has 1 fully saturated rings. The summed E-state index contributed by atoms with van der Waals surface area (Å²) in [5.74, 6) is 2.28. The van der Waals surface area contributed by atoms with E-state index in [9.17, 15) is 4.79 Å². The lowest BCUT2D eigenvalue weighted by molar-refractivity contribution is 0.0732. The molecule has 2 aliphatic heterocycles. The number of carbonyl (C=O) groups excluding carboxylic acids is 1. The molecule has 170 valence electrons. The van der Waals surface area contributed by atoms with Gasteiger partial charge >= 0.3 is 0 Å². The molecule has 0 bridgehead atoms. The molecule has 3 heterocycles. The lowest BCUT2D eigenvalue weighted by atomic mass is 9.95. The summed E-state index contributed by atoms with van der Waals surface area (Å²) in [5, 5.41) is 3.28. The summed E-state index contributed by atoms with van der Waals surface area (Å²) >= 11 is 0. The number of aromatic nitrogens is 2. The van der Waals surface area contributed by atoms with Crippen molar-refractivity contribution in [2.45, 2.75) is 31.7 Å². The first kappa shape index (κ1) is 21.6. The Morgan fingerprint density at radius 3 is 2.45 bits per heavy atom. The van der Waals surface area contributed by atoms with Gasteiger partial charge in [0.2, 0.25) is 0 Å². The number of nitrogens with one attached hydrogen (secondary N) is 1. The van der Waals surface area contributed by atoms with Crippen LogP contribution in [0.25, 0.3) is 11.1 Å². The minimum absolute atomic E-state index is 0.0607. The summed E-state index contributed by atoms with van der Waals surface area (Å²) in [7, 11) is 4.09. The number of rotatable bonds is 4. The van der Waals surface area contributed by atoms with Crippen LogP contribution < -0.4 is 5.32 Å². The SMILES string of the molecule is CNc1nc(C2CCN(C)CC2)nc2c1CCN(C(=O)c1ccccc1-c1ccccc1)C2. The van der Waals surface area contributed by atoms with Gasteiger partial charge in [-0.15, -0.1) is 0 Å². The predicted molar refractivity (Wildman–Crippen MR) is 131 cm³/mol. The van der Waals surface area contributed by atoms with E-state index in [1.54, 1.807) is 0 Å². The number of nitrogens with zero attached hydrogens (tertiary/aromatic N) is 4. The Bertz CT molecular complexity index is 1140. The van der Waals surface area contributed by atoms with Crippen LogP contribution in [-0.4, -0.2) is 59.4 Å². The highest BCUT2D eigenvalue weighted by Crippen LogP contribution is 2.31. The summed E-state index contributed by atoms with van der Waals surface area (Å²) in [4.78, 5) is 27.8. The molecular formula is C27H31N5O. The van der Waals surface area contributed by atoms with Gasteiger partial charge < -0.3 is 15.1 Å². The molecule has 0 aliphatic carbocycles. The fourth-order valence-corrected chi connectivity index (χ4v) is 4.99. The highest BCUT2D eigenvalue weighted by atomic mass is 16.2. The molecule has 0 unspecified atom stereocenters. The van der Waals surface area contributed by atoms with Crippen molar-refractivity contribution in [2.75, 3.05) is 39.0 Å². The van der Waals surface area contributed by atoms with Crippen molar-refractivity contribution < 1.29 is 4.79 Å². The largest absolute Gasteiger partial charge is 0.373 e. The fraction of sp³-hybridized carbons (Fsp3) is 0.370. The van der Waals surface area contributed by atoms with Gasteiger partial charge in [-0.05, 0) is 56.6 Å². The van der Waals surface area contributed by atoms with E-state index in [1.165, 1.54) is 0 Å². The minimum Gasteiger partial charge on any atom is -0.373 e. The quantitative estimate of drug-likeness (QED) is 0.658. The molecule has 0 saturated carbocycles.